The molecule has 4 aromatic rings. The van der Waals surface area contributed by atoms with Gasteiger partial charge in [-0.25, -0.2) is 4.68 Å². The predicted molar refractivity (Wildman–Crippen MR) is 130 cm³/mol. The minimum absolute atomic E-state index is 0.116. The standard InChI is InChI=1S/C28H18N4O3/c1-15-21-26(32(31-15)16-9-3-2-4-10-16)30-23-22(24(33)17-11-5-6-12-18(17)25(23)34)28(21)19-13-7-8-14-20(19)29-27(28)35/h2-14,30H,1H3,(H,29,35)/t28-/m0/s1. The number of carbonyl (C=O) groups is 3. The lowest BCUT2D eigenvalue weighted by Crippen LogP contribution is -2.47. The van der Waals surface area contributed by atoms with Gasteiger partial charge >= 0.3 is 0 Å². The molecule has 1 aliphatic carbocycles. The highest BCUT2D eigenvalue weighted by Crippen LogP contribution is 2.56. The van der Waals surface area contributed by atoms with Crippen molar-refractivity contribution in [3.63, 3.8) is 0 Å². The van der Waals surface area contributed by atoms with Crippen molar-refractivity contribution in [1.29, 1.82) is 0 Å². The molecule has 0 radical (unpaired) electrons. The van der Waals surface area contributed by atoms with Gasteiger partial charge in [-0.05, 0) is 25.1 Å². The molecule has 7 heteroatoms. The van der Waals surface area contributed by atoms with E-state index in [9.17, 15) is 14.4 Å². The first-order valence-corrected chi connectivity index (χ1v) is 11.3. The Bertz CT molecular complexity index is 1660. The van der Waals surface area contributed by atoms with Gasteiger partial charge in [0, 0.05) is 27.9 Å². The Labute approximate surface area is 200 Å². The molecule has 7 nitrogen and oxygen atoms in total. The van der Waals surface area contributed by atoms with E-state index in [2.05, 4.69) is 10.6 Å². The maximum Gasteiger partial charge on any atom is 0.244 e. The number of hydrogen-bond acceptors (Lipinski definition) is 5. The molecule has 0 unspecified atom stereocenters. The zero-order valence-corrected chi connectivity index (χ0v) is 18.6. The largest absolute Gasteiger partial charge is 0.336 e. The van der Waals surface area contributed by atoms with E-state index in [4.69, 9.17) is 5.10 Å². The summed E-state index contributed by atoms with van der Waals surface area (Å²) >= 11 is 0. The van der Waals surface area contributed by atoms with Crippen molar-refractivity contribution in [1.82, 2.24) is 9.78 Å². The summed E-state index contributed by atoms with van der Waals surface area (Å²) in [6.45, 7) is 1.82. The number of rotatable bonds is 1. The van der Waals surface area contributed by atoms with Gasteiger partial charge in [0.05, 0.1) is 22.7 Å². The third-order valence-corrected chi connectivity index (χ3v) is 7.09. The van der Waals surface area contributed by atoms with Crippen LogP contribution in [0.1, 0.15) is 37.5 Å². The third-order valence-electron chi connectivity index (χ3n) is 7.09. The fourth-order valence-corrected chi connectivity index (χ4v) is 5.70. The number of aryl methyl sites for hydroxylation is 1. The lowest BCUT2D eigenvalue weighted by molar-refractivity contribution is -0.118. The first kappa shape index (κ1) is 19.7. The molecule has 35 heavy (non-hydrogen) atoms. The van der Waals surface area contributed by atoms with Crippen LogP contribution in [0.5, 0.6) is 0 Å². The number of hydrogen-bond donors (Lipinski definition) is 2. The Balaban J connectivity index is 1.63. The van der Waals surface area contributed by atoms with Crippen LogP contribution in [0.25, 0.3) is 5.69 Å². The number of fused-ring (bicyclic) bond motifs is 6. The van der Waals surface area contributed by atoms with Crippen molar-refractivity contribution in [2.24, 2.45) is 0 Å². The Kier molecular flexibility index (Phi) is 3.73. The van der Waals surface area contributed by atoms with Crippen LogP contribution in [0.15, 0.2) is 90.1 Å². The van der Waals surface area contributed by atoms with E-state index < -0.39 is 5.41 Å². The van der Waals surface area contributed by atoms with Crippen LogP contribution in [0, 0.1) is 6.92 Å². The normalized spacial score (nSPS) is 19.6. The molecular formula is C28H18N4O3. The molecule has 168 valence electrons. The summed E-state index contributed by atoms with van der Waals surface area (Å²) in [4.78, 5) is 41.9. The quantitative estimate of drug-likeness (QED) is 0.447. The van der Waals surface area contributed by atoms with Crippen molar-refractivity contribution < 1.29 is 14.4 Å². The highest BCUT2D eigenvalue weighted by molar-refractivity contribution is 6.33. The number of ketones is 2. The summed E-state index contributed by atoms with van der Waals surface area (Å²) < 4.78 is 1.70. The average molecular weight is 458 g/mol. The van der Waals surface area contributed by atoms with Crippen LogP contribution in [-0.4, -0.2) is 27.3 Å². The Morgan fingerprint density at radius 3 is 2.20 bits per heavy atom. The topological polar surface area (TPSA) is 93.1 Å². The fraction of sp³-hybridized carbons (Fsp3) is 0.0714. The number of aromatic nitrogens is 2. The maximum atomic E-state index is 14.1. The molecule has 3 aliphatic rings. The predicted octanol–water partition coefficient (Wildman–Crippen LogP) is 4.18. The van der Waals surface area contributed by atoms with Crippen molar-refractivity contribution in [3.8, 4) is 5.69 Å². The maximum absolute atomic E-state index is 14.1. The molecule has 1 atom stereocenters. The van der Waals surface area contributed by atoms with E-state index in [0.717, 1.165) is 5.69 Å². The molecule has 1 aromatic heterocycles. The molecular weight excluding hydrogens is 440 g/mol. The van der Waals surface area contributed by atoms with E-state index in [-0.39, 0.29) is 28.7 Å². The third kappa shape index (κ3) is 2.29. The van der Waals surface area contributed by atoms with Gasteiger partial charge in [0.1, 0.15) is 11.2 Å². The Morgan fingerprint density at radius 1 is 0.771 bits per heavy atom. The van der Waals surface area contributed by atoms with Gasteiger partial charge in [-0.3, -0.25) is 14.4 Å². The SMILES string of the molecule is Cc1nn(-c2ccccc2)c2c1[C@]1(C(=O)Nc3ccccc31)C1=C(N2)C(=O)c2ccccc2C1=O. The number of allylic oxidation sites excluding steroid dienone is 1. The summed E-state index contributed by atoms with van der Waals surface area (Å²) in [6, 6.07) is 23.6. The summed E-state index contributed by atoms with van der Waals surface area (Å²) in [5.74, 6) is -0.534. The van der Waals surface area contributed by atoms with Gasteiger partial charge in [-0.1, -0.05) is 60.7 Å². The van der Waals surface area contributed by atoms with Gasteiger partial charge < -0.3 is 10.6 Å². The summed E-state index contributed by atoms with van der Waals surface area (Å²) in [7, 11) is 0. The Morgan fingerprint density at radius 2 is 1.43 bits per heavy atom. The van der Waals surface area contributed by atoms with Crippen molar-refractivity contribution in [3.05, 3.63) is 118 Å². The molecule has 2 N–H and O–H groups in total. The highest BCUT2D eigenvalue weighted by atomic mass is 16.2. The zero-order valence-electron chi connectivity index (χ0n) is 18.6. The van der Waals surface area contributed by atoms with E-state index >= 15 is 0 Å². The molecule has 3 aromatic carbocycles. The minimum Gasteiger partial charge on any atom is -0.336 e. The van der Waals surface area contributed by atoms with Gasteiger partial charge in [0.25, 0.3) is 0 Å². The first-order valence-electron chi connectivity index (χ1n) is 11.3. The molecule has 3 heterocycles. The van der Waals surface area contributed by atoms with Gasteiger partial charge in [0.2, 0.25) is 11.7 Å². The first-order chi connectivity index (χ1) is 17.0. The lowest BCUT2D eigenvalue weighted by atomic mass is 9.63. The van der Waals surface area contributed by atoms with E-state index in [1.807, 2.05) is 61.5 Å². The Hall–Kier alpha value is -4.78. The number of nitrogens with zero attached hydrogens (tertiary/aromatic N) is 2. The molecule has 1 amide bonds. The highest BCUT2D eigenvalue weighted by Gasteiger charge is 2.60. The molecule has 0 bridgehead atoms. The van der Waals surface area contributed by atoms with Gasteiger partial charge in [-0.15, -0.1) is 0 Å². The molecule has 2 aliphatic heterocycles. The van der Waals surface area contributed by atoms with Crippen molar-refractivity contribution >= 4 is 29.0 Å². The number of carbonyl (C=O) groups excluding carboxylic acids is 3. The van der Waals surface area contributed by atoms with Gasteiger partial charge in [-0.2, -0.15) is 5.10 Å². The zero-order chi connectivity index (χ0) is 23.9. The van der Waals surface area contributed by atoms with Gasteiger partial charge in [0.15, 0.2) is 5.78 Å². The number of nitrogens with one attached hydrogen (secondary N) is 2. The molecule has 7 rings (SSSR count). The summed E-state index contributed by atoms with van der Waals surface area (Å²) in [6.07, 6.45) is 0. The van der Waals surface area contributed by atoms with Crippen molar-refractivity contribution in [2.75, 3.05) is 10.6 Å². The summed E-state index contributed by atoms with van der Waals surface area (Å²) in [5, 5.41) is 11.0. The second-order valence-electron chi connectivity index (χ2n) is 8.88. The number of Topliss-reactive ketones (excluding diaryl/α,β-unsaturated/α-hetero) is 2. The average Bonchev–Trinajstić information content (AvgIpc) is 3.37. The van der Waals surface area contributed by atoms with E-state index in [1.165, 1.54) is 0 Å². The minimum atomic E-state index is -1.51. The molecule has 1 spiro atoms. The van der Waals surface area contributed by atoms with Crippen molar-refractivity contribution in [2.45, 2.75) is 12.3 Å². The van der Waals surface area contributed by atoms with E-state index in [0.29, 0.717) is 39.5 Å². The fourth-order valence-electron chi connectivity index (χ4n) is 5.70. The smallest absolute Gasteiger partial charge is 0.244 e. The molecule has 0 fully saturated rings. The van der Waals surface area contributed by atoms with Crippen LogP contribution in [0.3, 0.4) is 0 Å². The second-order valence-corrected chi connectivity index (χ2v) is 8.88. The number of para-hydroxylation sites is 2. The molecule has 0 saturated heterocycles. The van der Waals surface area contributed by atoms with Crippen LogP contribution >= 0.6 is 0 Å². The number of anilines is 2. The van der Waals surface area contributed by atoms with Crippen LogP contribution in [-0.2, 0) is 10.2 Å². The number of benzene rings is 3. The molecule has 0 saturated carbocycles. The second kappa shape index (κ2) is 6.64. The summed E-state index contributed by atoms with van der Waals surface area (Å²) in [5.41, 5.74) is 2.55. The lowest BCUT2D eigenvalue weighted by Gasteiger charge is -2.38. The van der Waals surface area contributed by atoms with Crippen LogP contribution < -0.4 is 10.6 Å². The monoisotopic (exact) mass is 458 g/mol. The number of amides is 1. The van der Waals surface area contributed by atoms with Crippen LogP contribution in [0.4, 0.5) is 11.5 Å². The van der Waals surface area contributed by atoms with E-state index in [1.54, 1.807) is 28.9 Å². The van der Waals surface area contributed by atoms with Crippen LogP contribution in [0.2, 0.25) is 0 Å².